The van der Waals surface area contributed by atoms with Gasteiger partial charge in [-0.2, -0.15) is 0 Å². The Morgan fingerprint density at radius 1 is 1.21 bits per heavy atom. The van der Waals surface area contributed by atoms with Crippen molar-refractivity contribution < 1.29 is 14.3 Å². The molecule has 4 nitrogen and oxygen atoms in total. The fourth-order valence-electron chi connectivity index (χ4n) is 1.98. The minimum atomic E-state index is -0.149. The molecule has 0 aliphatic heterocycles. The fourth-order valence-corrected chi connectivity index (χ4v) is 1.98. The third kappa shape index (κ3) is 2.54. The summed E-state index contributed by atoms with van der Waals surface area (Å²) in [6.07, 6.45) is 3.05. The molecule has 0 aromatic heterocycles. The van der Waals surface area contributed by atoms with Crippen molar-refractivity contribution in [2.45, 2.75) is 25.7 Å². The van der Waals surface area contributed by atoms with Crippen molar-refractivity contribution in [3.05, 3.63) is 0 Å². The number of carbonyl (C=O) groups excluding carboxylic acids is 2. The molecule has 1 aliphatic rings. The van der Waals surface area contributed by atoms with Crippen LogP contribution in [0, 0.1) is 11.8 Å². The van der Waals surface area contributed by atoms with Crippen molar-refractivity contribution in [1.29, 1.82) is 0 Å². The van der Waals surface area contributed by atoms with E-state index in [-0.39, 0.29) is 30.1 Å². The van der Waals surface area contributed by atoms with Crippen molar-refractivity contribution in [3.63, 3.8) is 0 Å². The summed E-state index contributed by atoms with van der Waals surface area (Å²) in [5.74, 6) is 0.0275. The first-order valence-corrected chi connectivity index (χ1v) is 4.99. The van der Waals surface area contributed by atoms with Crippen LogP contribution in [0.3, 0.4) is 0 Å². The average Bonchev–Trinajstić information content (AvgIpc) is 2.27. The monoisotopic (exact) mass is 199 g/mol. The van der Waals surface area contributed by atoms with Crippen LogP contribution < -0.4 is 5.73 Å². The first kappa shape index (κ1) is 11.2. The van der Waals surface area contributed by atoms with E-state index in [4.69, 9.17) is 5.73 Å². The largest absolute Gasteiger partial charge is 0.469 e. The van der Waals surface area contributed by atoms with Gasteiger partial charge in [-0.15, -0.1) is 0 Å². The van der Waals surface area contributed by atoms with Crippen LogP contribution >= 0.6 is 0 Å². The summed E-state index contributed by atoms with van der Waals surface area (Å²) in [6.45, 7) is 0.119. The fraction of sp³-hybridized carbons (Fsp3) is 0.800. The van der Waals surface area contributed by atoms with E-state index in [1.807, 2.05) is 0 Å². The number of Topliss-reactive ketones (excluding diaryl/α,β-unsaturated/α-hetero) is 1. The molecule has 0 atom stereocenters. The second-order valence-electron chi connectivity index (χ2n) is 3.74. The highest BCUT2D eigenvalue weighted by Crippen LogP contribution is 2.29. The van der Waals surface area contributed by atoms with Crippen LogP contribution in [0.15, 0.2) is 0 Å². The zero-order valence-corrected chi connectivity index (χ0v) is 8.49. The zero-order valence-electron chi connectivity index (χ0n) is 8.49. The highest BCUT2D eigenvalue weighted by Gasteiger charge is 2.29. The molecule has 0 aromatic carbocycles. The summed E-state index contributed by atoms with van der Waals surface area (Å²) < 4.78 is 4.66. The number of methoxy groups -OCH3 is 1. The zero-order chi connectivity index (χ0) is 10.6. The summed E-state index contributed by atoms with van der Waals surface area (Å²) in [5, 5.41) is 0. The maximum atomic E-state index is 11.3. The van der Waals surface area contributed by atoms with Crippen LogP contribution in [0.25, 0.3) is 0 Å². The number of rotatable bonds is 3. The normalized spacial score (nSPS) is 27.0. The Bertz CT molecular complexity index is 195. The van der Waals surface area contributed by atoms with Gasteiger partial charge in [0.15, 0.2) is 0 Å². The number of hydrogen-bond donors (Lipinski definition) is 1. The molecule has 1 saturated carbocycles. The van der Waals surface area contributed by atoms with Crippen LogP contribution in [0.2, 0.25) is 0 Å². The standard InChI is InChI=1S/C10H17NO3/c1-14-10(13)8-4-2-7(3-5-8)9(12)6-11/h7-8H,2-6,11H2,1H3. The molecular formula is C10H17NO3. The van der Waals surface area contributed by atoms with Crippen LogP contribution in [0.1, 0.15) is 25.7 Å². The maximum Gasteiger partial charge on any atom is 0.308 e. The Morgan fingerprint density at radius 2 is 1.71 bits per heavy atom. The third-order valence-corrected chi connectivity index (χ3v) is 2.92. The topological polar surface area (TPSA) is 69.4 Å². The summed E-state index contributed by atoms with van der Waals surface area (Å²) in [6, 6.07) is 0. The Hall–Kier alpha value is -0.900. The molecule has 2 N–H and O–H groups in total. The molecule has 0 radical (unpaired) electrons. The van der Waals surface area contributed by atoms with Gasteiger partial charge < -0.3 is 10.5 Å². The molecule has 0 unspecified atom stereocenters. The Kier molecular flexibility index (Phi) is 4.07. The SMILES string of the molecule is COC(=O)C1CCC(C(=O)CN)CC1. The van der Waals surface area contributed by atoms with Crippen molar-refractivity contribution in [2.24, 2.45) is 17.6 Å². The Morgan fingerprint density at radius 3 is 2.14 bits per heavy atom. The van der Waals surface area contributed by atoms with Crippen LogP contribution in [0.4, 0.5) is 0 Å². The molecule has 0 saturated heterocycles. The molecule has 0 bridgehead atoms. The lowest BCUT2D eigenvalue weighted by Crippen LogP contribution is -2.30. The number of ketones is 1. The first-order valence-electron chi connectivity index (χ1n) is 4.99. The first-order chi connectivity index (χ1) is 6.69. The van der Waals surface area contributed by atoms with E-state index in [9.17, 15) is 9.59 Å². The number of hydrogen-bond acceptors (Lipinski definition) is 4. The predicted molar refractivity (Wildman–Crippen MR) is 51.5 cm³/mol. The molecule has 80 valence electrons. The van der Waals surface area contributed by atoms with Gasteiger partial charge in [0.25, 0.3) is 0 Å². The molecule has 0 amide bonds. The highest BCUT2D eigenvalue weighted by atomic mass is 16.5. The van der Waals surface area contributed by atoms with Crippen LogP contribution in [-0.4, -0.2) is 25.4 Å². The van der Waals surface area contributed by atoms with Gasteiger partial charge >= 0.3 is 5.97 Å². The van der Waals surface area contributed by atoms with E-state index in [2.05, 4.69) is 4.74 Å². The Labute approximate surface area is 83.8 Å². The van der Waals surface area contributed by atoms with Gasteiger partial charge in [-0.25, -0.2) is 0 Å². The highest BCUT2D eigenvalue weighted by molar-refractivity contribution is 5.83. The van der Waals surface area contributed by atoms with Gasteiger partial charge in [-0.3, -0.25) is 9.59 Å². The van der Waals surface area contributed by atoms with Crippen molar-refractivity contribution in [1.82, 2.24) is 0 Å². The van der Waals surface area contributed by atoms with E-state index in [1.54, 1.807) is 0 Å². The molecule has 1 aliphatic carbocycles. The van der Waals surface area contributed by atoms with Crippen molar-refractivity contribution in [2.75, 3.05) is 13.7 Å². The van der Waals surface area contributed by atoms with Gasteiger partial charge in [-0.05, 0) is 25.7 Å². The van der Waals surface area contributed by atoms with Gasteiger partial charge in [0.1, 0.15) is 5.78 Å². The molecule has 1 rings (SSSR count). The molecular weight excluding hydrogens is 182 g/mol. The van der Waals surface area contributed by atoms with E-state index >= 15 is 0 Å². The van der Waals surface area contributed by atoms with Crippen LogP contribution in [-0.2, 0) is 14.3 Å². The second-order valence-corrected chi connectivity index (χ2v) is 3.74. The number of nitrogens with two attached hydrogens (primary N) is 1. The molecule has 0 aromatic rings. The molecule has 14 heavy (non-hydrogen) atoms. The van der Waals surface area contributed by atoms with E-state index < -0.39 is 0 Å². The summed E-state index contributed by atoms with van der Waals surface area (Å²) in [7, 11) is 1.40. The van der Waals surface area contributed by atoms with E-state index in [1.165, 1.54) is 7.11 Å². The lowest BCUT2D eigenvalue weighted by molar-refractivity contribution is -0.147. The number of esters is 1. The Balaban J connectivity index is 2.38. The summed E-state index contributed by atoms with van der Waals surface area (Å²) >= 11 is 0. The minimum Gasteiger partial charge on any atom is -0.469 e. The summed E-state index contributed by atoms with van der Waals surface area (Å²) in [5.41, 5.74) is 5.28. The quantitative estimate of drug-likeness (QED) is 0.672. The number of carbonyl (C=O) groups is 2. The molecule has 1 fully saturated rings. The second kappa shape index (κ2) is 5.10. The summed E-state index contributed by atoms with van der Waals surface area (Å²) in [4.78, 5) is 22.5. The molecule has 0 heterocycles. The smallest absolute Gasteiger partial charge is 0.308 e. The number of ether oxygens (including phenoxy) is 1. The van der Waals surface area contributed by atoms with Crippen molar-refractivity contribution >= 4 is 11.8 Å². The lowest BCUT2D eigenvalue weighted by atomic mass is 9.80. The van der Waals surface area contributed by atoms with Gasteiger partial charge in [0.05, 0.1) is 19.6 Å². The lowest BCUT2D eigenvalue weighted by Gasteiger charge is -2.25. The molecule has 0 spiro atoms. The van der Waals surface area contributed by atoms with Gasteiger partial charge in [0.2, 0.25) is 0 Å². The average molecular weight is 199 g/mol. The van der Waals surface area contributed by atoms with Gasteiger partial charge in [-0.1, -0.05) is 0 Å². The molecule has 4 heteroatoms. The minimum absolute atomic E-state index is 0.0122. The predicted octanol–water partition coefficient (Wildman–Crippen LogP) is 0.494. The maximum absolute atomic E-state index is 11.3. The van der Waals surface area contributed by atoms with E-state index in [0.29, 0.717) is 0 Å². The third-order valence-electron chi connectivity index (χ3n) is 2.92. The van der Waals surface area contributed by atoms with Crippen LogP contribution in [0.5, 0.6) is 0 Å². The van der Waals surface area contributed by atoms with Gasteiger partial charge in [0, 0.05) is 5.92 Å². The van der Waals surface area contributed by atoms with E-state index in [0.717, 1.165) is 25.7 Å². The van der Waals surface area contributed by atoms with Crippen molar-refractivity contribution in [3.8, 4) is 0 Å².